The molecule has 3 aromatic carbocycles. The Bertz CT molecular complexity index is 1550. The molecule has 8 nitrogen and oxygen atoms in total. The highest BCUT2D eigenvalue weighted by Crippen LogP contribution is 2.45. The Morgan fingerprint density at radius 1 is 0.825 bits per heavy atom. The van der Waals surface area contributed by atoms with Gasteiger partial charge in [0.05, 0.1) is 35.5 Å². The monoisotopic (exact) mass is 568 g/mol. The van der Waals surface area contributed by atoms with Gasteiger partial charge in [0.1, 0.15) is 28.6 Å². The molecule has 1 heterocycles. The fraction of sp³-hybridized carbons (Fsp3) is 0.323. The molecule has 0 amide bonds. The first kappa shape index (κ1) is 29.0. The highest BCUT2D eigenvalue weighted by Gasteiger charge is 2.27. The van der Waals surface area contributed by atoms with Crippen LogP contribution in [0.2, 0.25) is 5.02 Å². The fourth-order valence-corrected chi connectivity index (χ4v) is 4.73. The number of ether oxygens (including phenoxy) is 6. The molecule has 0 saturated carbocycles. The average Bonchev–Trinajstić information content (AvgIpc) is 2.97. The zero-order valence-electron chi connectivity index (χ0n) is 23.7. The van der Waals surface area contributed by atoms with Crippen LogP contribution in [0.5, 0.6) is 34.5 Å². The number of methoxy groups -OCH3 is 5. The number of halogens is 1. The van der Waals surface area contributed by atoms with E-state index >= 15 is 0 Å². The first-order valence-electron chi connectivity index (χ1n) is 12.8. The van der Waals surface area contributed by atoms with Gasteiger partial charge in [-0.25, -0.2) is 0 Å². The Labute approximate surface area is 238 Å². The van der Waals surface area contributed by atoms with Crippen LogP contribution < -0.4 is 33.8 Å². The van der Waals surface area contributed by atoms with E-state index in [0.29, 0.717) is 45.8 Å². The van der Waals surface area contributed by atoms with E-state index in [9.17, 15) is 4.79 Å². The van der Waals surface area contributed by atoms with Gasteiger partial charge in [-0.15, -0.1) is 0 Å². The Hall–Kier alpha value is -4.04. The fourth-order valence-electron chi connectivity index (χ4n) is 4.54. The second-order valence-electron chi connectivity index (χ2n) is 9.11. The van der Waals surface area contributed by atoms with Crippen molar-refractivity contribution in [3.63, 3.8) is 0 Å². The van der Waals surface area contributed by atoms with Crippen molar-refractivity contribution in [3.05, 3.63) is 68.8 Å². The Morgan fingerprint density at radius 3 is 2.05 bits per heavy atom. The molecule has 4 rings (SSSR count). The van der Waals surface area contributed by atoms with Crippen molar-refractivity contribution in [1.29, 1.82) is 0 Å². The molecular formula is C31H33ClO8. The van der Waals surface area contributed by atoms with Crippen molar-refractivity contribution in [2.75, 3.05) is 35.5 Å². The third-order valence-electron chi connectivity index (χ3n) is 6.65. The minimum Gasteiger partial charge on any atom is -0.496 e. The zero-order chi connectivity index (χ0) is 29.0. The Balaban J connectivity index is 2.04. The first-order valence-corrected chi connectivity index (χ1v) is 13.1. The van der Waals surface area contributed by atoms with Gasteiger partial charge < -0.3 is 32.8 Å². The average molecular weight is 569 g/mol. The Morgan fingerprint density at radius 2 is 1.50 bits per heavy atom. The van der Waals surface area contributed by atoms with Crippen LogP contribution >= 0.6 is 11.6 Å². The predicted octanol–water partition coefficient (Wildman–Crippen LogP) is 7.39. The highest BCUT2D eigenvalue weighted by atomic mass is 35.5. The van der Waals surface area contributed by atoms with E-state index in [4.69, 9.17) is 44.4 Å². The minimum atomic E-state index is -0.478. The van der Waals surface area contributed by atoms with Crippen molar-refractivity contribution >= 4 is 22.6 Å². The first-order chi connectivity index (χ1) is 19.3. The summed E-state index contributed by atoms with van der Waals surface area (Å²) in [4.78, 5) is 14.2. The molecule has 0 aliphatic rings. The quantitative estimate of drug-likeness (QED) is 0.185. The Kier molecular flexibility index (Phi) is 9.00. The summed E-state index contributed by atoms with van der Waals surface area (Å²) in [5.74, 6) is 2.16. The van der Waals surface area contributed by atoms with E-state index in [2.05, 4.69) is 0 Å². The number of fused-ring (bicyclic) bond motifs is 1. The van der Waals surface area contributed by atoms with Crippen molar-refractivity contribution in [3.8, 4) is 45.8 Å². The summed E-state index contributed by atoms with van der Waals surface area (Å²) >= 11 is 6.46. The van der Waals surface area contributed by atoms with Crippen LogP contribution in [0, 0.1) is 6.92 Å². The van der Waals surface area contributed by atoms with Crippen LogP contribution in [0.25, 0.3) is 22.3 Å². The van der Waals surface area contributed by atoms with Crippen LogP contribution in [0.3, 0.4) is 0 Å². The second-order valence-corrected chi connectivity index (χ2v) is 9.52. The third kappa shape index (κ3) is 5.49. The van der Waals surface area contributed by atoms with Gasteiger partial charge in [0.15, 0.2) is 17.3 Å². The van der Waals surface area contributed by atoms with Gasteiger partial charge in [0.25, 0.3) is 0 Å². The predicted molar refractivity (Wildman–Crippen MR) is 155 cm³/mol. The summed E-state index contributed by atoms with van der Waals surface area (Å²) in [5.41, 5.74) is 2.14. The van der Waals surface area contributed by atoms with Crippen LogP contribution in [-0.4, -0.2) is 35.5 Å². The summed E-state index contributed by atoms with van der Waals surface area (Å²) < 4.78 is 40.6. The van der Waals surface area contributed by atoms with Crippen LogP contribution in [0.1, 0.15) is 37.0 Å². The lowest BCUT2D eigenvalue weighted by atomic mass is 10.0. The highest BCUT2D eigenvalue weighted by molar-refractivity contribution is 6.31. The molecule has 0 fully saturated rings. The van der Waals surface area contributed by atoms with Crippen LogP contribution in [-0.2, 0) is 0 Å². The van der Waals surface area contributed by atoms with Gasteiger partial charge in [-0.05, 0) is 42.7 Å². The van der Waals surface area contributed by atoms with Gasteiger partial charge in [0.2, 0.25) is 16.9 Å². The van der Waals surface area contributed by atoms with Gasteiger partial charge in [-0.1, -0.05) is 37.1 Å². The topological polar surface area (TPSA) is 85.6 Å². The van der Waals surface area contributed by atoms with E-state index in [1.54, 1.807) is 24.3 Å². The van der Waals surface area contributed by atoms with E-state index in [0.717, 1.165) is 17.5 Å². The van der Waals surface area contributed by atoms with Gasteiger partial charge in [0, 0.05) is 22.7 Å². The van der Waals surface area contributed by atoms with E-state index in [1.807, 2.05) is 32.0 Å². The summed E-state index contributed by atoms with van der Waals surface area (Å²) in [7, 11) is 7.56. The second kappa shape index (κ2) is 12.4. The number of aryl methyl sites for hydroxylation is 1. The molecule has 1 atom stereocenters. The lowest BCUT2D eigenvalue weighted by molar-refractivity contribution is 0.189. The summed E-state index contributed by atoms with van der Waals surface area (Å²) in [6.45, 7) is 3.98. The molecule has 1 aromatic heterocycles. The van der Waals surface area contributed by atoms with Crippen molar-refractivity contribution in [2.24, 2.45) is 0 Å². The SMILES string of the molecule is CCCC(Oc1c(-c2cc(OC)c(OC)c(OC)c2)oc2cc(OC)cc(OC)c2c1=O)c1ccc(C)c(Cl)c1. The molecule has 9 heteroatoms. The number of hydrogen-bond donors (Lipinski definition) is 0. The molecular weight excluding hydrogens is 536 g/mol. The minimum absolute atomic E-state index is 0.0142. The largest absolute Gasteiger partial charge is 0.496 e. The molecule has 212 valence electrons. The molecule has 0 radical (unpaired) electrons. The smallest absolute Gasteiger partial charge is 0.239 e. The van der Waals surface area contributed by atoms with Gasteiger partial charge in [-0.3, -0.25) is 4.79 Å². The third-order valence-corrected chi connectivity index (χ3v) is 7.06. The van der Waals surface area contributed by atoms with Crippen molar-refractivity contribution in [1.82, 2.24) is 0 Å². The van der Waals surface area contributed by atoms with Gasteiger partial charge >= 0.3 is 0 Å². The van der Waals surface area contributed by atoms with Crippen molar-refractivity contribution in [2.45, 2.75) is 32.8 Å². The summed E-state index contributed by atoms with van der Waals surface area (Å²) in [6.07, 6.45) is 0.953. The summed E-state index contributed by atoms with van der Waals surface area (Å²) in [5, 5.41) is 0.845. The lowest BCUT2D eigenvalue weighted by Crippen LogP contribution is -2.16. The van der Waals surface area contributed by atoms with Crippen LogP contribution in [0.15, 0.2) is 51.7 Å². The molecule has 0 spiro atoms. The standard InChI is InChI=1S/C31H33ClO8/c1-8-9-22(18-11-10-17(2)21(32)12-18)39-31-28(33)27-23(35-4)15-20(34-3)16-24(27)40-29(31)19-13-25(36-5)30(38-7)26(14-19)37-6/h10-16,22H,8-9H2,1-7H3. The summed E-state index contributed by atoms with van der Waals surface area (Å²) in [6, 6.07) is 12.4. The number of benzene rings is 3. The van der Waals surface area contributed by atoms with Crippen molar-refractivity contribution < 1.29 is 32.8 Å². The van der Waals surface area contributed by atoms with E-state index in [-0.39, 0.29) is 22.5 Å². The molecule has 0 N–H and O–H groups in total. The molecule has 4 aromatic rings. The molecule has 0 aliphatic heterocycles. The van der Waals surface area contributed by atoms with E-state index in [1.165, 1.54) is 35.5 Å². The maximum absolute atomic E-state index is 14.2. The van der Waals surface area contributed by atoms with E-state index < -0.39 is 11.5 Å². The maximum atomic E-state index is 14.2. The molecule has 40 heavy (non-hydrogen) atoms. The van der Waals surface area contributed by atoms with Crippen LogP contribution in [0.4, 0.5) is 0 Å². The number of hydrogen-bond acceptors (Lipinski definition) is 8. The lowest BCUT2D eigenvalue weighted by Gasteiger charge is -2.22. The normalized spacial score (nSPS) is 11.7. The molecule has 0 aliphatic carbocycles. The molecule has 1 unspecified atom stereocenters. The number of rotatable bonds is 11. The molecule has 0 bridgehead atoms. The molecule has 0 saturated heterocycles. The maximum Gasteiger partial charge on any atom is 0.239 e. The van der Waals surface area contributed by atoms with Gasteiger partial charge in [-0.2, -0.15) is 0 Å². The zero-order valence-corrected chi connectivity index (χ0v) is 24.4.